The number of rotatable bonds is 6. The molecule has 25 heavy (non-hydrogen) atoms. The van der Waals surface area contributed by atoms with Crippen LogP contribution < -0.4 is 14.8 Å². The fourth-order valence-corrected chi connectivity index (χ4v) is 4.75. The number of hydrogen-bond acceptors (Lipinski definition) is 5. The Hall–Kier alpha value is -1.89. The number of ether oxygens (including phenoxy) is 2. The number of carbonyl (C=O) groups excluding carboxylic acids is 2. The van der Waals surface area contributed by atoms with E-state index in [4.69, 9.17) is 9.47 Å². The molecule has 1 aromatic carbocycles. The summed E-state index contributed by atoms with van der Waals surface area (Å²) >= 11 is 1.62. The molecule has 0 saturated carbocycles. The predicted octanol–water partition coefficient (Wildman–Crippen LogP) is 2.44. The molecule has 1 N–H and O–H groups in total. The van der Waals surface area contributed by atoms with Gasteiger partial charge in [-0.05, 0) is 18.4 Å². The lowest BCUT2D eigenvalue weighted by Crippen LogP contribution is -2.46. The first kappa shape index (κ1) is 17.9. The maximum absolute atomic E-state index is 13.0. The highest BCUT2D eigenvalue weighted by molar-refractivity contribution is 7.99. The molecule has 0 unspecified atom stereocenters. The van der Waals surface area contributed by atoms with Gasteiger partial charge in [0.15, 0.2) is 11.5 Å². The Bertz CT molecular complexity index is 692. The maximum Gasteiger partial charge on any atom is 0.260 e. The van der Waals surface area contributed by atoms with Crippen molar-refractivity contribution in [1.29, 1.82) is 0 Å². The van der Waals surface area contributed by atoms with Crippen LogP contribution in [0.1, 0.15) is 41.6 Å². The van der Waals surface area contributed by atoms with E-state index in [9.17, 15) is 9.59 Å². The third-order valence-electron chi connectivity index (χ3n) is 4.62. The van der Waals surface area contributed by atoms with Crippen molar-refractivity contribution in [2.75, 3.05) is 26.5 Å². The first-order chi connectivity index (χ1) is 12.0. The van der Waals surface area contributed by atoms with Gasteiger partial charge in [0.05, 0.1) is 19.8 Å². The van der Waals surface area contributed by atoms with Crippen molar-refractivity contribution in [1.82, 2.24) is 10.2 Å². The molecule has 7 heteroatoms. The normalized spacial score (nSPS) is 21.3. The standard InChI is InChI=1S/C18H24N2O4S/c1-10(2)7-8-19-16(21)12-9-25-18-11-5-6-13(23-3)15(24-4)14(11)17(22)20(12)18/h5-6,10,12,18H,7-9H2,1-4H3,(H,19,21)/t12-,18-/m1/s1. The zero-order valence-corrected chi connectivity index (χ0v) is 15.8. The second-order valence-electron chi connectivity index (χ2n) is 6.65. The van der Waals surface area contributed by atoms with Crippen LogP contribution in [0.2, 0.25) is 0 Å². The zero-order valence-electron chi connectivity index (χ0n) is 15.0. The molecule has 1 aromatic rings. The molecule has 2 heterocycles. The van der Waals surface area contributed by atoms with Gasteiger partial charge in [-0.2, -0.15) is 0 Å². The van der Waals surface area contributed by atoms with Crippen LogP contribution in [0.4, 0.5) is 0 Å². The minimum Gasteiger partial charge on any atom is -0.493 e. The summed E-state index contributed by atoms with van der Waals surface area (Å²) in [5.41, 5.74) is 1.41. The van der Waals surface area contributed by atoms with E-state index in [1.54, 1.807) is 23.8 Å². The Balaban J connectivity index is 1.83. The molecular weight excluding hydrogens is 340 g/mol. The molecule has 1 saturated heterocycles. The summed E-state index contributed by atoms with van der Waals surface area (Å²) in [4.78, 5) is 27.3. The van der Waals surface area contributed by atoms with Crippen molar-refractivity contribution in [2.45, 2.75) is 31.7 Å². The van der Waals surface area contributed by atoms with Gasteiger partial charge in [-0.3, -0.25) is 9.59 Å². The van der Waals surface area contributed by atoms with Crippen LogP contribution in [0.15, 0.2) is 12.1 Å². The minimum absolute atomic E-state index is 0.0808. The van der Waals surface area contributed by atoms with Crippen molar-refractivity contribution in [3.63, 3.8) is 0 Å². The van der Waals surface area contributed by atoms with E-state index < -0.39 is 6.04 Å². The van der Waals surface area contributed by atoms with E-state index in [2.05, 4.69) is 19.2 Å². The Morgan fingerprint density at radius 1 is 1.36 bits per heavy atom. The first-order valence-corrected chi connectivity index (χ1v) is 9.51. The van der Waals surface area contributed by atoms with Gasteiger partial charge in [0.2, 0.25) is 5.91 Å². The molecule has 2 amide bonds. The van der Waals surface area contributed by atoms with Gasteiger partial charge in [0, 0.05) is 17.9 Å². The topological polar surface area (TPSA) is 67.9 Å². The molecule has 1 fully saturated rings. The van der Waals surface area contributed by atoms with Gasteiger partial charge >= 0.3 is 0 Å². The van der Waals surface area contributed by atoms with Crippen LogP contribution in [0, 0.1) is 5.92 Å². The number of methoxy groups -OCH3 is 2. The van der Waals surface area contributed by atoms with Crippen LogP contribution in [0.3, 0.4) is 0 Å². The smallest absolute Gasteiger partial charge is 0.260 e. The third kappa shape index (κ3) is 3.05. The van der Waals surface area contributed by atoms with E-state index in [1.165, 1.54) is 7.11 Å². The minimum atomic E-state index is -0.447. The van der Waals surface area contributed by atoms with E-state index in [0.717, 1.165) is 12.0 Å². The van der Waals surface area contributed by atoms with Crippen LogP contribution in [-0.2, 0) is 4.79 Å². The second-order valence-corrected chi connectivity index (χ2v) is 7.77. The van der Waals surface area contributed by atoms with Gasteiger partial charge in [-0.15, -0.1) is 11.8 Å². The summed E-state index contributed by atoms with van der Waals surface area (Å²) in [5, 5.41) is 2.83. The summed E-state index contributed by atoms with van der Waals surface area (Å²) in [6, 6.07) is 3.26. The molecular formula is C18H24N2O4S. The maximum atomic E-state index is 13.0. The van der Waals surface area contributed by atoms with Gasteiger partial charge in [0.1, 0.15) is 11.4 Å². The zero-order chi connectivity index (χ0) is 18.1. The molecule has 0 aliphatic carbocycles. The van der Waals surface area contributed by atoms with Crippen LogP contribution in [-0.4, -0.2) is 49.3 Å². The molecule has 2 atom stereocenters. The average Bonchev–Trinajstić information content (AvgIpc) is 3.14. The molecule has 6 nitrogen and oxygen atoms in total. The Kier molecular flexibility index (Phi) is 5.13. The predicted molar refractivity (Wildman–Crippen MR) is 97.2 cm³/mol. The Labute approximate surface area is 152 Å². The van der Waals surface area contributed by atoms with Crippen LogP contribution in [0.25, 0.3) is 0 Å². The van der Waals surface area contributed by atoms with Crippen molar-refractivity contribution >= 4 is 23.6 Å². The van der Waals surface area contributed by atoms with E-state index in [-0.39, 0.29) is 17.2 Å². The highest BCUT2D eigenvalue weighted by Gasteiger charge is 2.50. The lowest BCUT2D eigenvalue weighted by Gasteiger charge is -2.22. The number of nitrogens with zero attached hydrogens (tertiary/aromatic N) is 1. The number of fused-ring (bicyclic) bond motifs is 3. The van der Waals surface area contributed by atoms with Gasteiger partial charge in [-0.1, -0.05) is 19.9 Å². The number of amides is 2. The monoisotopic (exact) mass is 364 g/mol. The van der Waals surface area contributed by atoms with Gasteiger partial charge in [0.25, 0.3) is 5.91 Å². The Morgan fingerprint density at radius 2 is 2.12 bits per heavy atom. The van der Waals surface area contributed by atoms with Crippen molar-refractivity contribution in [3.05, 3.63) is 23.3 Å². The van der Waals surface area contributed by atoms with E-state index >= 15 is 0 Å². The number of thioether (sulfide) groups is 1. The summed E-state index contributed by atoms with van der Waals surface area (Å²) in [6.45, 7) is 4.87. The quantitative estimate of drug-likeness (QED) is 0.840. The summed E-state index contributed by atoms with van der Waals surface area (Å²) in [7, 11) is 3.07. The lowest BCUT2D eigenvalue weighted by atomic mass is 10.1. The highest BCUT2D eigenvalue weighted by Crippen LogP contribution is 2.52. The molecule has 3 rings (SSSR count). The molecule has 0 spiro atoms. The summed E-state index contributed by atoms with van der Waals surface area (Å²) in [5.74, 6) is 1.86. The van der Waals surface area contributed by atoms with Crippen LogP contribution in [0.5, 0.6) is 11.5 Å². The fraction of sp³-hybridized carbons (Fsp3) is 0.556. The lowest BCUT2D eigenvalue weighted by molar-refractivity contribution is -0.124. The highest BCUT2D eigenvalue weighted by atomic mass is 32.2. The Morgan fingerprint density at radius 3 is 2.76 bits per heavy atom. The molecule has 136 valence electrons. The van der Waals surface area contributed by atoms with Crippen LogP contribution >= 0.6 is 11.8 Å². The number of carbonyl (C=O) groups is 2. The first-order valence-electron chi connectivity index (χ1n) is 8.46. The molecule has 0 aromatic heterocycles. The molecule has 2 aliphatic heterocycles. The number of benzene rings is 1. The average molecular weight is 364 g/mol. The summed E-state index contributed by atoms with van der Waals surface area (Å²) < 4.78 is 10.7. The van der Waals surface area contributed by atoms with E-state index in [1.807, 2.05) is 12.1 Å². The van der Waals surface area contributed by atoms with Crippen molar-refractivity contribution in [2.24, 2.45) is 5.92 Å². The van der Waals surface area contributed by atoms with E-state index in [0.29, 0.717) is 35.3 Å². The number of nitrogens with one attached hydrogen (secondary N) is 1. The summed E-state index contributed by atoms with van der Waals surface area (Å²) in [6.07, 6.45) is 0.925. The second kappa shape index (κ2) is 7.15. The van der Waals surface area contributed by atoms with Gasteiger partial charge in [-0.25, -0.2) is 0 Å². The molecule has 0 bridgehead atoms. The third-order valence-corrected chi connectivity index (χ3v) is 5.92. The molecule has 2 aliphatic rings. The SMILES string of the molecule is COc1ccc2c(c1OC)C(=O)N1[C@@H](C(=O)NCCC(C)C)CS[C@H]21. The van der Waals surface area contributed by atoms with Crippen molar-refractivity contribution < 1.29 is 19.1 Å². The fourth-order valence-electron chi connectivity index (χ4n) is 3.30. The van der Waals surface area contributed by atoms with Gasteiger partial charge < -0.3 is 19.7 Å². The van der Waals surface area contributed by atoms with Crippen molar-refractivity contribution in [3.8, 4) is 11.5 Å². The molecule has 0 radical (unpaired) electrons. The number of hydrogen-bond donors (Lipinski definition) is 1. The largest absolute Gasteiger partial charge is 0.493 e.